The number of amides is 1. The third-order valence-electron chi connectivity index (χ3n) is 5.13. The second-order valence-corrected chi connectivity index (χ2v) is 7.49. The summed E-state index contributed by atoms with van der Waals surface area (Å²) >= 11 is 6.26. The Morgan fingerprint density at radius 3 is 2.52 bits per heavy atom. The molecule has 0 aliphatic carbocycles. The van der Waals surface area contributed by atoms with Crippen LogP contribution in [0.2, 0.25) is 5.02 Å². The number of carbonyl (C=O) groups excluding carboxylic acids is 1. The molecule has 1 atom stereocenters. The Labute approximate surface area is 185 Å². The van der Waals surface area contributed by atoms with Crippen LogP contribution in [0.4, 0.5) is 5.69 Å². The Morgan fingerprint density at radius 2 is 1.81 bits per heavy atom. The zero-order valence-electron chi connectivity index (χ0n) is 17.4. The van der Waals surface area contributed by atoms with Crippen molar-refractivity contribution in [3.8, 4) is 22.8 Å². The highest BCUT2D eigenvalue weighted by Gasteiger charge is 2.22. The summed E-state index contributed by atoms with van der Waals surface area (Å²) in [7, 11) is 3.12. The number of carbonyl (C=O) groups is 1. The van der Waals surface area contributed by atoms with Crippen LogP contribution < -0.4 is 14.8 Å². The van der Waals surface area contributed by atoms with Crippen LogP contribution in [0.25, 0.3) is 22.2 Å². The molecule has 0 radical (unpaired) electrons. The molecule has 1 heterocycles. The lowest BCUT2D eigenvalue weighted by Crippen LogP contribution is -2.24. The van der Waals surface area contributed by atoms with E-state index in [1.165, 1.54) is 0 Å². The highest BCUT2D eigenvalue weighted by Crippen LogP contribution is 2.33. The molecule has 4 rings (SSSR count). The maximum absolute atomic E-state index is 13.1. The lowest BCUT2D eigenvalue weighted by atomic mass is 10.1. The molecular formula is C24H22ClN3O3. The van der Waals surface area contributed by atoms with Gasteiger partial charge in [-0.25, -0.2) is 0 Å². The van der Waals surface area contributed by atoms with E-state index in [-0.39, 0.29) is 5.91 Å². The summed E-state index contributed by atoms with van der Waals surface area (Å²) in [5, 5.41) is 9.21. The van der Waals surface area contributed by atoms with Gasteiger partial charge >= 0.3 is 0 Å². The number of anilines is 1. The van der Waals surface area contributed by atoms with Crippen molar-refractivity contribution in [3.05, 3.63) is 71.8 Å². The van der Waals surface area contributed by atoms with Crippen LogP contribution in [0.15, 0.2) is 66.7 Å². The van der Waals surface area contributed by atoms with Crippen molar-refractivity contribution in [2.75, 3.05) is 19.5 Å². The average Bonchev–Trinajstić information content (AvgIpc) is 3.17. The van der Waals surface area contributed by atoms with Gasteiger partial charge in [-0.2, -0.15) is 5.10 Å². The monoisotopic (exact) mass is 435 g/mol. The first-order valence-electron chi connectivity index (χ1n) is 9.78. The summed E-state index contributed by atoms with van der Waals surface area (Å²) in [5.41, 5.74) is 3.08. The van der Waals surface area contributed by atoms with Gasteiger partial charge in [0.05, 0.1) is 25.4 Å². The fourth-order valence-electron chi connectivity index (χ4n) is 3.48. The number of methoxy groups -OCH3 is 2. The van der Waals surface area contributed by atoms with Crippen LogP contribution in [0, 0.1) is 0 Å². The lowest BCUT2D eigenvalue weighted by Gasteiger charge is -2.16. The Hall–Kier alpha value is -3.51. The third-order valence-corrected chi connectivity index (χ3v) is 5.36. The van der Waals surface area contributed by atoms with Crippen LogP contribution in [-0.4, -0.2) is 29.9 Å². The van der Waals surface area contributed by atoms with E-state index in [0.717, 1.165) is 22.2 Å². The van der Waals surface area contributed by atoms with E-state index in [2.05, 4.69) is 5.32 Å². The normalized spacial score (nSPS) is 11.9. The van der Waals surface area contributed by atoms with Crippen LogP contribution >= 0.6 is 11.6 Å². The van der Waals surface area contributed by atoms with Gasteiger partial charge in [0.1, 0.15) is 23.2 Å². The highest BCUT2D eigenvalue weighted by molar-refractivity contribution is 6.31. The van der Waals surface area contributed by atoms with Crippen LogP contribution in [-0.2, 0) is 4.79 Å². The molecule has 0 spiro atoms. The summed E-state index contributed by atoms with van der Waals surface area (Å²) in [5.74, 6) is 0.934. The second kappa shape index (κ2) is 8.70. The van der Waals surface area contributed by atoms with Crippen LogP contribution in [0.3, 0.4) is 0 Å². The van der Waals surface area contributed by atoms with Crippen molar-refractivity contribution in [2.45, 2.75) is 13.0 Å². The van der Waals surface area contributed by atoms with Crippen molar-refractivity contribution in [2.24, 2.45) is 0 Å². The number of halogens is 1. The summed E-state index contributed by atoms with van der Waals surface area (Å²) < 4.78 is 12.4. The largest absolute Gasteiger partial charge is 0.497 e. The van der Waals surface area contributed by atoms with E-state index in [0.29, 0.717) is 22.2 Å². The van der Waals surface area contributed by atoms with Gasteiger partial charge in [0.15, 0.2) is 0 Å². The Balaban J connectivity index is 1.73. The van der Waals surface area contributed by atoms with Crippen molar-refractivity contribution in [3.63, 3.8) is 0 Å². The number of aromatic nitrogens is 2. The minimum absolute atomic E-state index is 0.231. The second-order valence-electron chi connectivity index (χ2n) is 7.05. The first-order valence-corrected chi connectivity index (χ1v) is 10.2. The summed E-state index contributed by atoms with van der Waals surface area (Å²) in [6.07, 6.45) is 0. The fourth-order valence-corrected chi connectivity index (χ4v) is 3.65. The molecule has 1 amide bonds. The maximum Gasteiger partial charge on any atom is 0.249 e. The minimum Gasteiger partial charge on any atom is -0.497 e. The fraction of sp³-hybridized carbons (Fsp3) is 0.167. The Morgan fingerprint density at radius 1 is 1.03 bits per heavy atom. The van der Waals surface area contributed by atoms with Crippen molar-refractivity contribution in [1.29, 1.82) is 0 Å². The molecule has 1 N–H and O–H groups in total. The number of hydrogen-bond acceptors (Lipinski definition) is 4. The third kappa shape index (κ3) is 4.07. The predicted octanol–water partition coefficient (Wildman–Crippen LogP) is 5.57. The van der Waals surface area contributed by atoms with Crippen molar-refractivity contribution >= 4 is 34.1 Å². The van der Waals surface area contributed by atoms with E-state index >= 15 is 0 Å². The molecule has 0 aliphatic rings. The summed E-state index contributed by atoms with van der Waals surface area (Å²) in [6.45, 7) is 1.80. The van der Waals surface area contributed by atoms with Gasteiger partial charge < -0.3 is 14.8 Å². The SMILES string of the molecule is COc1ccc(OC)c(NC(=O)[C@@H](C)n2nc(-c3ccccc3)c3cc(Cl)ccc32)c1. The topological polar surface area (TPSA) is 65.4 Å². The number of ether oxygens (including phenoxy) is 2. The number of rotatable bonds is 6. The van der Waals surface area contributed by atoms with Gasteiger partial charge in [-0.15, -0.1) is 0 Å². The lowest BCUT2D eigenvalue weighted by molar-refractivity contribution is -0.119. The maximum atomic E-state index is 13.1. The molecule has 4 aromatic rings. The molecule has 0 saturated heterocycles. The number of nitrogens with one attached hydrogen (secondary N) is 1. The molecule has 158 valence electrons. The molecule has 0 unspecified atom stereocenters. The van der Waals surface area contributed by atoms with Gasteiger partial charge in [0.2, 0.25) is 5.91 Å². The first-order chi connectivity index (χ1) is 15.0. The zero-order valence-corrected chi connectivity index (χ0v) is 18.2. The number of fused-ring (bicyclic) bond motifs is 1. The van der Waals surface area contributed by atoms with Gasteiger partial charge in [-0.05, 0) is 37.3 Å². The van der Waals surface area contributed by atoms with Gasteiger partial charge in [0, 0.05) is 22.0 Å². The highest BCUT2D eigenvalue weighted by atomic mass is 35.5. The molecular weight excluding hydrogens is 414 g/mol. The Bertz CT molecular complexity index is 1240. The van der Waals surface area contributed by atoms with E-state index in [9.17, 15) is 4.79 Å². The molecule has 1 aromatic heterocycles. The van der Waals surface area contributed by atoms with Crippen LogP contribution in [0.5, 0.6) is 11.5 Å². The van der Waals surface area contributed by atoms with Crippen molar-refractivity contribution < 1.29 is 14.3 Å². The molecule has 6 nitrogen and oxygen atoms in total. The van der Waals surface area contributed by atoms with E-state index in [4.69, 9.17) is 26.2 Å². The average molecular weight is 436 g/mol. The molecule has 0 fully saturated rings. The van der Waals surface area contributed by atoms with Gasteiger partial charge in [-0.1, -0.05) is 41.9 Å². The first kappa shape index (κ1) is 20.8. The summed E-state index contributed by atoms with van der Waals surface area (Å²) in [6, 6.07) is 20.0. The smallest absolute Gasteiger partial charge is 0.249 e. The molecule has 7 heteroatoms. The number of hydrogen-bond donors (Lipinski definition) is 1. The standard InChI is InChI=1S/C24H22ClN3O3/c1-15(24(29)26-20-14-18(30-2)10-12-22(20)31-3)28-21-11-9-17(25)13-19(21)23(27-28)16-7-5-4-6-8-16/h4-15H,1-3H3,(H,26,29)/t15-/m1/s1. The van der Waals surface area contributed by atoms with Gasteiger partial charge in [-0.3, -0.25) is 9.48 Å². The molecule has 0 aliphatic heterocycles. The molecule has 0 saturated carbocycles. The van der Waals surface area contributed by atoms with Crippen LogP contribution in [0.1, 0.15) is 13.0 Å². The van der Waals surface area contributed by atoms with E-state index in [1.807, 2.05) is 42.5 Å². The minimum atomic E-state index is -0.586. The predicted molar refractivity (Wildman–Crippen MR) is 123 cm³/mol. The van der Waals surface area contributed by atoms with Crippen molar-refractivity contribution in [1.82, 2.24) is 9.78 Å². The number of benzene rings is 3. The van der Waals surface area contributed by atoms with Gasteiger partial charge in [0.25, 0.3) is 0 Å². The zero-order chi connectivity index (χ0) is 22.0. The van der Waals surface area contributed by atoms with E-state index < -0.39 is 6.04 Å². The summed E-state index contributed by atoms with van der Waals surface area (Å²) in [4.78, 5) is 13.1. The molecule has 31 heavy (non-hydrogen) atoms. The number of nitrogens with zero attached hydrogens (tertiary/aromatic N) is 2. The quantitative estimate of drug-likeness (QED) is 0.429. The van der Waals surface area contributed by atoms with E-state index in [1.54, 1.807) is 50.1 Å². The Kier molecular flexibility index (Phi) is 5.82. The molecule has 3 aromatic carbocycles. The molecule has 0 bridgehead atoms.